The van der Waals surface area contributed by atoms with Crippen LogP contribution in [0.3, 0.4) is 0 Å². The van der Waals surface area contributed by atoms with Crippen molar-refractivity contribution in [2.75, 3.05) is 19.4 Å². The number of nitrogens with zero attached hydrogens (tertiary/aromatic N) is 4. The fourth-order valence-corrected chi connectivity index (χ4v) is 3.82. The molecule has 1 aliphatic rings. The third kappa shape index (κ3) is 4.49. The monoisotopic (exact) mass is 348 g/mol. The van der Waals surface area contributed by atoms with Crippen LogP contribution in [0.5, 0.6) is 0 Å². The first-order valence-electron chi connectivity index (χ1n) is 8.23. The Morgan fingerprint density at radius 3 is 3.08 bits per heavy atom. The highest BCUT2D eigenvalue weighted by atomic mass is 32.2. The number of thioether (sulfide) groups is 1. The Morgan fingerprint density at radius 2 is 2.38 bits per heavy atom. The minimum absolute atomic E-state index is 0.344. The molecule has 2 aromatic rings. The van der Waals surface area contributed by atoms with Crippen molar-refractivity contribution >= 4 is 11.8 Å². The first-order chi connectivity index (χ1) is 11.8. The molecule has 0 N–H and O–H groups in total. The molecule has 0 unspecified atom stereocenters. The summed E-state index contributed by atoms with van der Waals surface area (Å²) in [6, 6.07) is 1.98. The molecule has 0 aromatic carbocycles. The van der Waals surface area contributed by atoms with E-state index >= 15 is 0 Å². The lowest BCUT2D eigenvalue weighted by atomic mass is 10.3. The van der Waals surface area contributed by atoms with E-state index in [1.807, 2.05) is 12.1 Å². The average molecular weight is 348 g/mol. The Labute approximate surface area is 146 Å². The topological polar surface area (TPSA) is 56.3 Å². The third-order valence-electron chi connectivity index (χ3n) is 3.97. The molecule has 0 spiro atoms. The van der Waals surface area contributed by atoms with E-state index in [-0.39, 0.29) is 0 Å². The largest absolute Gasteiger partial charge is 0.472 e. The minimum atomic E-state index is 0.344. The number of ether oxygens (including phenoxy) is 1. The van der Waals surface area contributed by atoms with E-state index in [4.69, 9.17) is 9.15 Å². The van der Waals surface area contributed by atoms with E-state index < -0.39 is 0 Å². The summed E-state index contributed by atoms with van der Waals surface area (Å²) in [7, 11) is 2.07. The van der Waals surface area contributed by atoms with E-state index in [1.54, 1.807) is 24.3 Å². The van der Waals surface area contributed by atoms with Crippen LogP contribution in [0.25, 0.3) is 0 Å². The molecule has 7 heteroatoms. The van der Waals surface area contributed by atoms with E-state index in [9.17, 15) is 0 Å². The summed E-state index contributed by atoms with van der Waals surface area (Å²) in [5.41, 5.74) is 1.15. The molecular weight excluding hydrogens is 324 g/mol. The number of hydrogen-bond donors (Lipinski definition) is 0. The van der Waals surface area contributed by atoms with Crippen molar-refractivity contribution in [3.63, 3.8) is 0 Å². The van der Waals surface area contributed by atoms with E-state index in [2.05, 4.69) is 33.3 Å². The fraction of sp³-hybridized carbons (Fsp3) is 0.529. The molecule has 1 fully saturated rings. The molecule has 0 bridgehead atoms. The predicted molar refractivity (Wildman–Crippen MR) is 93.8 cm³/mol. The molecule has 3 heterocycles. The van der Waals surface area contributed by atoms with Crippen LogP contribution in [0.1, 0.15) is 24.2 Å². The fourth-order valence-electron chi connectivity index (χ4n) is 2.79. The maximum atomic E-state index is 5.69. The van der Waals surface area contributed by atoms with Crippen LogP contribution in [0.15, 0.2) is 40.8 Å². The van der Waals surface area contributed by atoms with Gasteiger partial charge in [0.05, 0.1) is 25.2 Å². The van der Waals surface area contributed by atoms with Crippen molar-refractivity contribution in [1.29, 1.82) is 0 Å². The smallest absolute Gasteiger partial charge is 0.191 e. The molecule has 1 saturated heterocycles. The maximum absolute atomic E-state index is 5.69. The molecule has 0 aliphatic carbocycles. The van der Waals surface area contributed by atoms with Gasteiger partial charge in [0.15, 0.2) is 5.16 Å². The van der Waals surface area contributed by atoms with Gasteiger partial charge >= 0.3 is 0 Å². The predicted octanol–water partition coefficient (Wildman–Crippen LogP) is 2.96. The summed E-state index contributed by atoms with van der Waals surface area (Å²) in [5.74, 6) is 1.89. The molecule has 24 heavy (non-hydrogen) atoms. The highest BCUT2D eigenvalue weighted by Crippen LogP contribution is 2.23. The lowest BCUT2D eigenvalue weighted by Crippen LogP contribution is -2.20. The van der Waals surface area contributed by atoms with Crippen LogP contribution in [-0.2, 0) is 24.4 Å². The van der Waals surface area contributed by atoms with E-state index in [0.717, 1.165) is 61.4 Å². The summed E-state index contributed by atoms with van der Waals surface area (Å²) in [5, 5.41) is 9.70. The molecule has 6 nitrogen and oxygen atoms in total. The Hall–Kier alpha value is -1.57. The van der Waals surface area contributed by atoms with Crippen molar-refractivity contribution in [2.24, 2.45) is 0 Å². The number of furan rings is 1. The van der Waals surface area contributed by atoms with Gasteiger partial charge in [0.1, 0.15) is 5.82 Å². The quantitative estimate of drug-likeness (QED) is 0.513. The summed E-state index contributed by atoms with van der Waals surface area (Å²) in [6.07, 6.45) is 8.00. The van der Waals surface area contributed by atoms with Gasteiger partial charge in [-0.05, 0) is 26.0 Å². The standard InChI is InChI=1S/C17H24N4O2S/c1-3-7-21-16(11-20(2)10-14-6-9-22-12-14)18-19-17(21)24-13-15-5-4-8-23-15/h3,6,9,12,15H,1,4-5,7-8,10-11,13H2,2H3/t15-/m0/s1. The van der Waals surface area contributed by atoms with Gasteiger partial charge < -0.3 is 13.7 Å². The minimum Gasteiger partial charge on any atom is -0.472 e. The average Bonchev–Trinajstić information content (AvgIpc) is 3.30. The zero-order valence-corrected chi connectivity index (χ0v) is 14.9. The first kappa shape index (κ1) is 17.3. The Bertz CT molecular complexity index is 635. The number of aromatic nitrogens is 3. The second-order valence-corrected chi connectivity index (χ2v) is 7.04. The lowest BCUT2D eigenvalue weighted by molar-refractivity contribution is 0.129. The molecule has 1 atom stereocenters. The SMILES string of the molecule is C=CCn1c(CN(C)Cc2ccoc2)nnc1SC[C@@H]1CCCO1. The summed E-state index contributed by atoms with van der Waals surface area (Å²) in [4.78, 5) is 2.20. The van der Waals surface area contributed by atoms with Crippen LogP contribution in [-0.4, -0.2) is 45.2 Å². The van der Waals surface area contributed by atoms with Crippen LogP contribution in [0.2, 0.25) is 0 Å². The summed E-state index contributed by atoms with van der Waals surface area (Å²) in [6.45, 7) is 7.00. The highest BCUT2D eigenvalue weighted by Gasteiger charge is 2.19. The first-order valence-corrected chi connectivity index (χ1v) is 9.22. The molecule has 0 radical (unpaired) electrons. The maximum Gasteiger partial charge on any atom is 0.191 e. The molecule has 130 valence electrons. The van der Waals surface area contributed by atoms with E-state index in [0.29, 0.717) is 6.10 Å². The Morgan fingerprint density at radius 1 is 1.46 bits per heavy atom. The van der Waals surface area contributed by atoms with Gasteiger partial charge in [-0.1, -0.05) is 17.8 Å². The molecular formula is C17H24N4O2S. The normalized spacial score (nSPS) is 17.7. The van der Waals surface area contributed by atoms with Crippen molar-refractivity contribution in [3.05, 3.63) is 42.6 Å². The molecule has 2 aromatic heterocycles. The summed E-state index contributed by atoms with van der Waals surface area (Å²) < 4.78 is 13.0. The zero-order chi connectivity index (χ0) is 16.8. The highest BCUT2D eigenvalue weighted by molar-refractivity contribution is 7.99. The van der Waals surface area contributed by atoms with Crippen molar-refractivity contribution in [1.82, 2.24) is 19.7 Å². The van der Waals surface area contributed by atoms with Crippen molar-refractivity contribution < 1.29 is 9.15 Å². The third-order valence-corrected chi connectivity index (χ3v) is 5.07. The number of hydrogen-bond acceptors (Lipinski definition) is 6. The Balaban J connectivity index is 1.62. The van der Waals surface area contributed by atoms with E-state index in [1.165, 1.54) is 0 Å². The Kier molecular flexibility index (Phi) is 6.12. The van der Waals surface area contributed by atoms with Crippen LogP contribution < -0.4 is 0 Å². The van der Waals surface area contributed by atoms with Gasteiger partial charge in [0.25, 0.3) is 0 Å². The van der Waals surface area contributed by atoms with Gasteiger partial charge in [-0.3, -0.25) is 4.90 Å². The second-order valence-electron chi connectivity index (χ2n) is 6.05. The summed E-state index contributed by atoms with van der Waals surface area (Å²) >= 11 is 1.72. The van der Waals surface area contributed by atoms with Gasteiger partial charge in [0, 0.05) is 31.0 Å². The van der Waals surface area contributed by atoms with Gasteiger partial charge in [0.2, 0.25) is 0 Å². The second kappa shape index (κ2) is 8.50. The number of rotatable bonds is 9. The van der Waals surface area contributed by atoms with Crippen LogP contribution in [0, 0.1) is 0 Å². The molecule has 0 saturated carbocycles. The van der Waals surface area contributed by atoms with Gasteiger partial charge in [-0.15, -0.1) is 16.8 Å². The van der Waals surface area contributed by atoms with Crippen LogP contribution in [0.4, 0.5) is 0 Å². The van der Waals surface area contributed by atoms with Gasteiger partial charge in [-0.2, -0.15) is 0 Å². The zero-order valence-electron chi connectivity index (χ0n) is 14.1. The van der Waals surface area contributed by atoms with Gasteiger partial charge in [-0.25, -0.2) is 0 Å². The molecule has 0 amide bonds. The number of allylic oxidation sites excluding steroid dienone is 1. The molecule has 1 aliphatic heterocycles. The van der Waals surface area contributed by atoms with Crippen molar-refractivity contribution in [3.8, 4) is 0 Å². The lowest BCUT2D eigenvalue weighted by Gasteiger charge is -2.16. The molecule has 3 rings (SSSR count). The van der Waals surface area contributed by atoms with Crippen LogP contribution >= 0.6 is 11.8 Å². The van der Waals surface area contributed by atoms with Crippen molar-refractivity contribution in [2.45, 2.75) is 43.7 Å².